The van der Waals surface area contributed by atoms with Crippen LogP contribution < -0.4 is 16.0 Å². The van der Waals surface area contributed by atoms with Crippen molar-refractivity contribution in [2.75, 3.05) is 64.3 Å². The van der Waals surface area contributed by atoms with Crippen molar-refractivity contribution in [3.8, 4) is 0 Å². The van der Waals surface area contributed by atoms with Crippen molar-refractivity contribution >= 4 is 46.8 Å². The SMILES string of the molecule is CCNC(=NCCCN1CCOCC1)NCCNc1ncnc2c1cnn2C.I. The van der Waals surface area contributed by atoms with Crippen molar-refractivity contribution in [2.24, 2.45) is 12.0 Å². The van der Waals surface area contributed by atoms with Crippen molar-refractivity contribution in [3.05, 3.63) is 12.5 Å². The van der Waals surface area contributed by atoms with Gasteiger partial charge in [-0.2, -0.15) is 5.10 Å². The number of nitrogens with zero attached hydrogens (tertiary/aromatic N) is 6. The summed E-state index contributed by atoms with van der Waals surface area (Å²) in [6.07, 6.45) is 4.39. The maximum absolute atomic E-state index is 5.38. The van der Waals surface area contributed by atoms with E-state index in [2.05, 4.69) is 47.8 Å². The maximum Gasteiger partial charge on any atom is 0.191 e. The first kappa shape index (κ1) is 23.5. The molecule has 1 aliphatic rings. The molecule has 0 amide bonds. The molecule has 1 saturated heterocycles. The molecular formula is C18H32IN9O. The lowest BCUT2D eigenvalue weighted by Crippen LogP contribution is -2.40. The van der Waals surface area contributed by atoms with E-state index in [0.29, 0.717) is 0 Å². The molecule has 3 rings (SSSR count). The van der Waals surface area contributed by atoms with Crippen molar-refractivity contribution in [1.82, 2.24) is 35.3 Å². The molecule has 11 heteroatoms. The number of fused-ring (bicyclic) bond motifs is 1. The van der Waals surface area contributed by atoms with E-state index in [-0.39, 0.29) is 24.0 Å². The van der Waals surface area contributed by atoms with Crippen LogP contribution in [0, 0.1) is 0 Å². The standard InChI is InChI=1S/C18H31N9O.HI/c1-3-19-18(21-5-4-8-27-9-11-28-12-10-27)22-7-6-20-16-15-13-25-26(2)17(15)24-14-23-16;/h13-14H,3-12H2,1-2H3,(H2,19,21,22)(H,20,23,24);1H. The summed E-state index contributed by atoms with van der Waals surface area (Å²) in [5, 5.41) is 15.1. The second-order valence-corrected chi connectivity index (χ2v) is 6.65. The van der Waals surface area contributed by atoms with E-state index in [1.807, 2.05) is 7.05 Å². The summed E-state index contributed by atoms with van der Waals surface area (Å²) in [6, 6.07) is 0. The minimum atomic E-state index is 0. The first-order chi connectivity index (χ1) is 13.8. The van der Waals surface area contributed by atoms with Crippen molar-refractivity contribution in [1.29, 1.82) is 0 Å². The predicted molar refractivity (Wildman–Crippen MR) is 126 cm³/mol. The van der Waals surface area contributed by atoms with Crippen LogP contribution in [0.15, 0.2) is 17.5 Å². The van der Waals surface area contributed by atoms with E-state index < -0.39 is 0 Å². The molecule has 0 aliphatic carbocycles. The summed E-state index contributed by atoms with van der Waals surface area (Å²) in [5.74, 6) is 1.65. The number of aromatic nitrogens is 4. The van der Waals surface area contributed by atoms with Gasteiger partial charge in [-0.05, 0) is 13.3 Å². The first-order valence-corrected chi connectivity index (χ1v) is 9.96. The first-order valence-electron chi connectivity index (χ1n) is 9.96. The Labute approximate surface area is 188 Å². The normalized spacial score (nSPS) is 15.2. The van der Waals surface area contributed by atoms with Crippen molar-refractivity contribution in [3.63, 3.8) is 0 Å². The molecule has 29 heavy (non-hydrogen) atoms. The van der Waals surface area contributed by atoms with Gasteiger partial charge in [0.25, 0.3) is 0 Å². The fourth-order valence-electron chi connectivity index (χ4n) is 3.12. The molecule has 0 unspecified atom stereocenters. The van der Waals surface area contributed by atoms with Crippen molar-refractivity contribution in [2.45, 2.75) is 13.3 Å². The number of halogens is 1. The molecule has 3 heterocycles. The zero-order valence-corrected chi connectivity index (χ0v) is 19.6. The van der Waals surface area contributed by atoms with Crippen LogP contribution in [0.25, 0.3) is 11.0 Å². The number of guanidine groups is 1. The lowest BCUT2D eigenvalue weighted by Gasteiger charge is -2.26. The molecule has 0 radical (unpaired) electrons. The van der Waals surface area contributed by atoms with Crippen LogP contribution in [0.5, 0.6) is 0 Å². The van der Waals surface area contributed by atoms with Crippen LogP contribution in [-0.4, -0.2) is 89.6 Å². The van der Waals surface area contributed by atoms with E-state index >= 15 is 0 Å². The number of aryl methyl sites for hydroxylation is 1. The number of rotatable bonds is 9. The fourth-order valence-corrected chi connectivity index (χ4v) is 3.12. The Morgan fingerprint density at radius 1 is 1.21 bits per heavy atom. The zero-order chi connectivity index (χ0) is 19.6. The Morgan fingerprint density at radius 2 is 2.03 bits per heavy atom. The number of morpholine rings is 1. The Morgan fingerprint density at radius 3 is 2.83 bits per heavy atom. The van der Waals surface area contributed by atoms with Crippen LogP contribution in [0.4, 0.5) is 5.82 Å². The minimum absolute atomic E-state index is 0. The number of anilines is 1. The van der Waals surface area contributed by atoms with Gasteiger partial charge in [0.05, 0.1) is 24.8 Å². The average Bonchev–Trinajstić information content (AvgIpc) is 3.11. The molecule has 162 valence electrons. The highest BCUT2D eigenvalue weighted by Gasteiger charge is 2.09. The van der Waals surface area contributed by atoms with Crippen molar-refractivity contribution < 1.29 is 4.74 Å². The third kappa shape index (κ3) is 7.23. The summed E-state index contributed by atoms with van der Waals surface area (Å²) in [4.78, 5) is 15.7. The van der Waals surface area contributed by atoms with Crippen LogP contribution in [-0.2, 0) is 11.8 Å². The predicted octanol–water partition coefficient (Wildman–Crippen LogP) is 0.671. The van der Waals surface area contributed by atoms with Crippen LogP contribution in [0.2, 0.25) is 0 Å². The van der Waals surface area contributed by atoms with E-state index in [0.717, 1.165) is 88.3 Å². The summed E-state index contributed by atoms with van der Waals surface area (Å²) >= 11 is 0. The highest BCUT2D eigenvalue weighted by atomic mass is 127. The second kappa shape index (κ2) is 12.8. The molecule has 10 nitrogen and oxygen atoms in total. The Balaban J connectivity index is 0.00000300. The molecule has 0 saturated carbocycles. The number of hydrogen-bond donors (Lipinski definition) is 3. The largest absolute Gasteiger partial charge is 0.379 e. The summed E-state index contributed by atoms with van der Waals surface area (Å²) < 4.78 is 7.12. The van der Waals surface area contributed by atoms with Gasteiger partial charge in [0.2, 0.25) is 0 Å². The molecule has 2 aromatic heterocycles. The smallest absolute Gasteiger partial charge is 0.191 e. The monoisotopic (exact) mass is 517 g/mol. The number of ether oxygens (including phenoxy) is 1. The van der Waals surface area contributed by atoms with Gasteiger partial charge in [0.15, 0.2) is 11.6 Å². The number of aliphatic imine (C=N–C) groups is 1. The van der Waals surface area contributed by atoms with Gasteiger partial charge in [-0.1, -0.05) is 0 Å². The quantitative estimate of drug-likeness (QED) is 0.193. The number of hydrogen-bond acceptors (Lipinski definition) is 7. The van der Waals surface area contributed by atoms with Gasteiger partial charge >= 0.3 is 0 Å². The lowest BCUT2D eigenvalue weighted by atomic mass is 10.3. The Bertz CT molecular complexity index is 761. The fraction of sp³-hybridized carbons (Fsp3) is 0.667. The topological polar surface area (TPSA) is 105 Å². The molecule has 2 aromatic rings. The van der Waals surface area contributed by atoms with E-state index in [1.165, 1.54) is 0 Å². The van der Waals surface area contributed by atoms with E-state index in [9.17, 15) is 0 Å². The summed E-state index contributed by atoms with van der Waals surface area (Å²) in [5.41, 5.74) is 0.820. The van der Waals surface area contributed by atoms with Gasteiger partial charge in [0.1, 0.15) is 12.1 Å². The van der Waals surface area contributed by atoms with Crippen LogP contribution in [0.3, 0.4) is 0 Å². The molecule has 0 bridgehead atoms. The van der Waals surface area contributed by atoms with E-state index in [4.69, 9.17) is 4.74 Å². The molecule has 1 aliphatic heterocycles. The third-order valence-corrected chi connectivity index (χ3v) is 4.59. The third-order valence-electron chi connectivity index (χ3n) is 4.59. The lowest BCUT2D eigenvalue weighted by molar-refractivity contribution is 0.0377. The Hall–Kier alpha value is -1.73. The van der Waals surface area contributed by atoms with Gasteiger partial charge < -0.3 is 20.7 Å². The summed E-state index contributed by atoms with van der Waals surface area (Å²) in [6.45, 7) is 10.00. The molecule has 0 aromatic carbocycles. The second-order valence-electron chi connectivity index (χ2n) is 6.65. The van der Waals surface area contributed by atoms with Gasteiger partial charge in [-0.3, -0.25) is 14.6 Å². The Kier molecular flexibility index (Phi) is 10.4. The minimum Gasteiger partial charge on any atom is -0.379 e. The van der Waals surface area contributed by atoms with Gasteiger partial charge in [-0.15, -0.1) is 24.0 Å². The summed E-state index contributed by atoms with van der Waals surface area (Å²) in [7, 11) is 1.87. The molecule has 0 atom stereocenters. The highest BCUT2D eigenvalue weighted by Crippen LogP contribution is 2.16. The highest BCUT2D eigenvalue weighted by molar-refractivity contribution is 14.0. The van der Waals surface area contributed by atoms with Gasteiger partial charge in [0, 0.05) is 52.9 Å². The molecular weight excluding hydrogens is 485 g/mol. The van der Waals surface area contributed by atoms with Crippen LogP contribution in [0.1, 0.15) is 13.3 Å². The molecule has 3 N–H and O–H groups in total. The molecule has 1 fully saturated rings. The van der Waals surface area contributed by atoms with E-state index in [1.54, 1.807) is 17.2 Å². The van der Waals surface area contributed by atoms with Crippen LogP contribution >= 0.6 is 24.0 Å². The number of nitrogens with one attached hydrogen (secondary N) is 3. The van der Waals surface area contributed by atoms with Gasteiger partial charge in [-0.25, -0.2) is 9.97 Å². The molecule has 0 spiro atoms. The average molecular weight is 517 g/mol. The zero-order valence-electron chi connectivity index (χ0n) is 17.2. The maximum atomic E-state index is 5.38.